The molecule has 0 saturated carbocycles. The molecule has 1 aromatic heterocycles. The molecule has 11 nitrogen and oxygen atoms in total. The Bertz CT molecular complexity index is 1670. The van der Waals surface area contributed by atoms with Gasteiger partial charge in [-0.25, -0.2) is 9.37 Å². The molecule has 0 fully saturated rings. The third-order valence-electron chi connectivity index (χ3n) is 5.62. The number of nitro groups is 1. The number of halogens is 2. The SMILES string of the molecule is CCCc1nc2ccc(Br)cc2c(=O)n1N=Cc1cc(OC)c(OCC(=O)Nc2ccc(F)cc2)c([N+](=O)[O-])c1. The van der Waals surface area contributed by atoms with E-state index in [1.165, 1.54) is 54.4 Å². The van der Waals surface area contributed by atoms with Crippen molar-refractivity contribution in [3.63, 3.8) is 0 Å². The Hall–Kier alpha value is -4.65. The summed E-state index contributed by atoms with van der Waals surface area (Å²) < 4.78 is 25.7. The third-order valence-corrected chi connectivity index (χ3v) is 6.11. The number of aryl methyl sites for hydroxylation is 1. The first-order valence-electron chi connectivity index (χ1n) is 12.0. The summed E-state index contributed by atoms with van der Waals surface area (Å²) in [6.45, 7) is 1.37. The van der Waals surface area contributed by atoms with Crippen LogP contribution in [-0.4, -0.2) is 40.4 Å². The number of hydrogen-bond donors (Lipinski definition) is 1. The van der Waals surface area contributed by atoms with E-state index in [2.05, 4.69) is 31.3 Å². The van der Waals surface area contributed by atoms with Gasteiger partial charge in [0.05, 0.1) is 29.2 Å². The number of hydrogen-bond acceptors (Lipinski definition) is 8. The predicted octanol–water partition coefficient (Wildman–Crippen LogP) is 5.07. The molecule has 3 aromatic carbocycles. The molecular formula is C27H23BrFN5O6. The van der Waals surface area contributed by atoms with Gasteiger partial charge in [-0.05, 0) is 55.0 Å². The van der Waals surface area contributed by atoms with Gasteiger partial charge in [0.25, 0.3) is 11.5 Å². The van der Waals surface area contributed by atoms with Crippen molar-refractivity contribution < 1.29 is 23.6 Å². The molecule has 4 aromatic rings. The fourth-order valence-electron chi connectivity index (χ4n) is 3.81. The quantitative estimate of drug-likeness (QED) is 0.150. The van der Waals surface area contributed by atoms with Gasteiger partial charge in [-0.2, -0.15) is 9.78 Å². The number of ether oxygens (including phenoxy) is 2. The zero-order valence-electron chi connectivity index (χ0n) is 21.4. The largest absolute Gasteiger partial charge is 0.493 e. The maximum Gasteiger partial charge on any atom is 0.315 e. The number of nitro benzene ring substituents is 1. The summed E-state index contributed by atoms with van der Waals surface area (Å²) >= 11 is 3.36. The fourth-order valence-corrected chi connectivity index (χ4v) is 4.17. The highest BCUT2D eigenvalue weighted by Gasteiger charge is 2.23. The van der Waals surface area contributed by atoms with Gasteiger partial charge >= 0.3 is 5.69 Å². The molecule has 40 heavy (non-hydrogen) atoms. The molecule has 4 rings (SSSR count). The molecular weight excluding hydrogens is 589 g/mol. The smallest absolute Gasteiger partial charge is 0.315 e. The maximum absolute atomic E-state index is 13.2. The average molecular weight is 612 g/mol. The number of amides is 1. The lowest BCUT2D eigenvalue weighted by Gasteiger charge is -2.12. The van der Waals surface area contributed by atoms with Crippen molar-refractivity contribution >= 4 is 50.3 Å². The first-order valence-corrected chi connectivity index (χ1v) is 12.8. The molecule has 0 unspecified atom stereocenters. The van der Waals surface area contributed by atoms with Crippen molar-refractivity contribution in [2.75, 3.05) is 19.0 Å². The second-order valence-corrected chi connectivity index (χ2v) is 9.39. The number of anilines is 1. The van der Waals surface area contributed by atoms with Crippen LogP contribution in [0.3, 0.4) is 0 Å². The van der Waals surface area contributed by atoms with Gasteiger partial charge in [0.2, 0.25) is 5.75 Å². The normalized spacial score (nSPS) is 11.1. The summed E-state index contributed by atoms with van der Waals surface area (Å²) in [4.78, 5) is 41.3. The number of rotatable bonds is 10. The summed E-state index contributed by atoms with van der Waals surface area (Å²) in [5.41, 5.74) is 0.244. The van der Waals surface area contributed by atoms with E-state index < -0.39 is 28.9 Å². The molecule has 0 radical (unpaired) electrons. The van der Waals surface area contributed by atoms with E-state index >= 15 is 0 Å². The Kier molecular flexibility index (Phi) is 8.84. The van der Waals surface area contributed by atoms with Gasteiger partial charge in [-0.15, -0.1) is 0 Å². The Labute approximate surface area is 235 Å². The summed E-state index contributed by atoms with van der Waals surface area (Å²) in [6.07, 6.45) is 2.48. The van der Waals surface area contributed by atoms with E-state index in [1.54, 1.807) is 18.2 Å². The number of nitrogens with zero attached hydrogens (tertiary/aromatic N) is 4. The van der Waals surface area contributed by atoms with Crippen LogP contribution in [-0.2, 0) is 11.2 Å². The lowest BCUT2D eigenvalue weighted by atomic mass is 10.2. The molecule has 206 valence electrons. The highest BCUT2D eigenvalue weighted by molar-refractivity contribution is 9.10. The second-order valence-electron chi connectivity index (χ2n) is 8.47. The minimum Gasteiger partial charge on any atom is -0.493 e. The second kappa shape index (κ2) is 12.5. The number of nitrogens with one attached hydrogen (secondary N) is 1. The molecule has 1 heterocycles. The zero-order valence-corrected chi connectivity index (χ0v) is 23.0. The minimum atomic E-state index is -0.684. The van der Waals surface area contributed by atoms with Crippen molar-refractivity contribution in [3.05, 3.63) is 96.7 Å². The zero-order chi connectivity index (χ0) is 28.8. The van der Waals surface area contributed by atoms with Crippen LogP contribution in [0.2, 0.25) is 0 Å². The maximum atomic E-state index is 13.2. The third kappa shape index (κ3) is 6.49. The Balaban J connectivity index is 1.65. The standard InChI is InChI=1S/C27H23BrFN5O6/c1-3-4-24-32-21-10-5-17(28)13-20(21)27(36)33(24)30-14-16-11-22(34(37)38)26(23(12-16)39-2)40-15-25(35)31-19-8-6-18(29)7-9-19/h5-14H,3-4,15H2,1-2H3,(H,31,35). The monoisotopic (exact) mass is 611 g/mol. The Morgan fingerprint density at radius 3 is 2.65 bits per heavy atom. The summed E-state index contributed by atoms with van der Waals surface area (Å²) in [7, 11) is 1.29. The van der Waals surface area contributed by atoms with Gasteiger partial charge in [-0.1, -0.05) is 22.9 Å². The number of carbonyl (C=O) groups is 1. The highest BCUT2D eigenvalue weighted by Crippen LogP contribution is 2.38. The van der Waals surface area contributed by atoms with E-state index in [9.17, 15) is 24.1 Å². The summed E-state index contributed by atoms with van der Waals surface area (Å²) in [6, 6.07) is 12.9. The van der Waals surface area contributed by atoms with Crippen LogP contribution in [0.15, 0.2) is 69.0 Å². The molecule has 0 aliphatic heterocycles. The number of carbonyl (C=O) groups excluding carboxylic acids is 1. The van der Waals surface area contributed by atoms with Gasteiger partial charge < -0.3 is 14.8 Å². The van der Waals surface area contributed by atoms with Gasteiger partial charge in [0, 0.05) is 28.2 Å². The van der Waals surface area contributed by atoms with E-state index in [4.69, 9.17) is 9.47 Å². The Morgan fingerprint density at radius 1 is 1.23 bits per heavy atom. The average Bonchev–Trinajstić information content (AvgIpc) is 2.93. The number of aromatic nitrogens is 2. The van der Waals surface area contributed by atoms with Crippen molar-refractivity contribution in [1.29, 1.82) is 0 Å². The van der Waals surface area contributed by atoms with Crippen LogP contribution in [0.5, 0.6) is 11.5 Å². The first-order chi connectivity index (χ1) is 19.2. The van der Waals surface area contributed by atoms with Gasteiger partial charge in [0.15, 0.2) is 12.4 Å². The van der Waals surface area contributed by atoms with Crippen LogP contribution in [0, 0.1) is 15.9 Å². The highest BCUT2D eigenvalue weighted by atomic mass is 79.9. The molecule has 1 amide bonds. The van der Waals surface area contributed by atoms with Gasteiger partial charge in [-0.3, -0.25) is 19.7 Å². The predicted molar refractivity (Wildman–Crippen MR) is 151 cm³/mol. The van der Waals surface area contributed by atoms with Gasteiger partial charge in [0.1, 0.15) is 11.6 Å². The van der Waals surface area contributed by atoms with Crippen LogP contribution in [0.1, 0.15) is 24.7 Å². The summed E-state index contributed by atoms with van der Waals surface area (Å²) in [5.74, 6) is -0.930. The van der Waals surface area contributed by atoms with Crippen molar-refractivity contribution in [2.24, 2.45) is 5.10 Å². The molecule has 0 bridgehead atoms. The molecule has 0 aliphatic rings. The molecule has 0 aliphatic carbocycles. The topological polar surface area (TPSA) is 138 Å². The summed E-state index contributed by atoms with van der Waals surface area (Å²) in [5, 5.41) is 19.0. The fraction of sp³-hybridized carbons (Fsp3) is 0.185. The van der Waals surface area contributed by atoms with Crippen molar-refractivity contribution in [1.82, 2.24) is 9.66 Å². The molecule has 0 spiro atoms. The molecule has 0 atom stereocenters. The van der Waals surface area contributed by atoms with Crippen LogP contribution < -0.4 is 20.3 Å². The number of fused-ring (bicyclic) bond motifs is 1. The van der Waals surface area contributed by atoms with Crippen molar-refractivity contribution in [3.8, 4) is 11.5 Å². The van der Waals surface area contributed by atoms with E-state index in [1.807, 2.05) is 6.92 Å². The number of benzene rings is 3. The minimum absolute atomic E-state index is 0.0214. The Morgan fingerprint density at radius 2 is 1.98 bits per heavy atom. The van der Waals surface area contributed by atoms with Crippen LogP contribution in [0.4, 0.5) is 15.8 Å². The number of methoxy groups -OCH3 is 1. The molecule has 13 heteroatoms. The lowest BCUT2D eigenvalue weighted by Crippen LogP contribution is -2.22. The van der Waals surface area contributed by atoms with E-state index in [0.29, 0.717) is 39.7 Å². The van der Waals surface area contributed by atoms with Crippen molar-refractivity contribution in [2.45, 2.75) is 19.8 Å². The molecule has 0 saturated heterocycles. The van der Waals surface area contributed by atoms with E-state index in [-0.39, 0.29) is 22.6 Å². The van der Waals surface area contributed by atoms with Crippen LogP contribution >= 0.6 is 15.9 Å². The first kappa shape index (κ1) is 28.4. The lowest BCUT2D eigenvalue weighted by molar-refractivity contribution is -0.385. The van der Waals surface area contributed by atoms with E-state index in [0.717, 1.165) is 0 Å². The molecule has 1 N–H and O–H groups in total. The van der Waals surface area contributed by atoms with Crippen LogP contribution in [0.25, 0.3) is 10.9 Å².